The lowest BCUT2D eigenvalue weighted by molar-refractivity contribution is -0.140. The highest BCUT2D eigenvalue weighted by Gasteiger charge is 2.49. The zero-order chi connectivity index (χ0) is 30.2. The molecule has 2 aliphatic rings. The Kier molecular flexibility index (Phi) is 8.69. The molecule has 220 valence electrons. The van der Waals surface area contributed by atoms with E-state index < -0.39 is 46.3 Å². The SMILES string of the molecule is CC1=C(CC(=O)O)C(=O)N(C(CN(c2ccccc2)S(C)(=O)=O)C2CC2)[C@H](c2ccc(Cl)cc2)[C@H]1c1cccc(Cl)c1. The Morgan fingerprint density at radius 2 is 1.64 bits per heavy atom. The number of carbonyl (C=O) groups is 2. The topological polar surface area (TPSA) is 95.0 Å². The van der Waals surface area contributed by atoms with Gasteiger partial charge in [-0.25, -0.2) is 8.42 Å². The standard InChI is InChI=1S/C32H32Cl2N2O5S/c1-20-27(18-29(37)38)32(39)36(28(21-11-12-21)19-35(42(2,40)41)26-9-4-3-5-10-26)31(22-13-15-24(33)16-14-22)30(20)23-7-6-8-25(34)17-23/h3-10,13-17,21,28,30-31H,11-12,18-19H2,1-2H3,(H,37,38)/t28?,30-,31-/m1/s1. The molecule has 1 N–H and O–H groups in total. The van der Waals surface area contributed by atoms with Crippen LogP contribution in [0.4, 0.5) is 5.69 Å². The molecule has 7 nitrogen and oxygen atoms in total. The number of carboxylic acid groups (broad SMARTS) is 1. The third kappa shape index (κ3) is 6.36. The van der Waals surface area contributed by atoms with Crippen LogP contribution in [-0.4, -0.2) is 49.1 Å². The number of carbonyl (C=O) groups excluding carboxylic acids is 1. The molecular formula is C32H32Cl2N2O5S. The van der Waals surface area contributed by atoms with Crippen LogP contribution in [0, 0.1) is 5.92 Å². The number of rotatable bonds is 10. The molecule has 10 heteroatoms. The summed E-state index contributed by atoms with van der Waals surface area (Å²) in [6.45, 7) is 1.84. The van der Waals surface area contributed by atoms with Gasteiger partial charge in [0.05, 0.1) is 37.0 Å². The molecule has 3 atom stereocenters. The monoisotopic (exact) mass is 626 g/mol. The minimum Gasteiger partial charge on any atom is -0.481 e. The summed E-state index contributed by atoms with van der Waals surface area (Å²) in [4.78, 5) is 28.3. The number of para-hydroxylation sites is 1. The van der Waals surface area contributed by atoms with Gasteiger partial charge in [0.1, 0.15) is 0 Å². The Balaban J connectivity index is 1.73. The van der Waals surface area contributed by atoms with Crippen LogP contribution in [0.2, 0.25) is 10.0 Å². The summed E-state index contributed by atoms with van der Waals surface area (Å²) in [5.74, 6) is -1.90. The van der Waals surface area contributed by atoms with Crippen LogP contribution in [0.3, 0.4) is 0 Å². The van der Waals surface area contributed by atoms with E-state index in [4.69, 9.17) is 23.2 Å². The quantitative estimate of drug-likeness (QED) is 0.270. The van der Waals surface area contributed by atoms with Gasteiger partial charge in [-0.3, -0.25) is 13.9 Å². The molecule has 1 fully saturated rings. The maximum Gasteiger partial charge on any atom is 0.308 e. The summed E-state index contributed by atoms with van der Waals surface area (Å²) in [5, 5.41) is 10.9. The molecule has 1 amide bonds. The highest BCUT2D eigenvalue weighted by atomic mass is 35.5. The smallest absolute Gasteiger partial charge is 0.308 e. The maximum absolute atomic E-state index is 14.5. The van der Waals surface area contributed by atoms with Crippen LogP contribution >= 0.6 is 23.2 Å². The first kappa shape index (κ1) is 30.1. The highest BCUT2D eigenvalue weighted by Crippen LogP contribution is 2.51. The Morgan fingerprint density at radius 1 is 0.976 bits per heavy atom. The molecular weight excluding hydrogens is 595 g/mol. The average Bonchev–Trinajstić information content (AvgIpc) is 3.78. The highest BCUT2D eigenvalue weighted by molar-refractivity contribution is 7.92. The zero-order valence-corrected chi connectivity index (χ0v) is 25.6. The minimum absolute atomic E-state index is 0.0327. The lowest BCUT2D eigenvalue weighted by Crippen LogP contribution is -2.54. The van der Waals surface area contributed by atoms with E-state index in [0.717, 1.165) is 30.2 Å². The van der Waals surface area contributed by atoms with Crippen molar-refractivity contribution in [2.75, 3.05) is 17.1 Å². The number of halogens is 2. The fraction of sp³-hybridized carbons (Fsp3) is 0.312. The van der Waals surface area contributed by atoms with Gasteiger partial charge in [0.25, 0.3) is 5.91 Å². The Labute approximate surface area is 256 Å². The fourth-order valence-corrected chi connectivity index (χ4v) is 7.30. The van der Waals surface area contributed by atoms with E-state index >= 15 is 0 Å². The number of nitrogens with zero attached hydrogens (tertiary/aromatic N) is 2. The van der Waals surface area contributed by atoms with Gasteiger partial charge >= 0.3 is 5.97 Å². The van der Waals surface area contributed by atoms with E-state index in [1.165, 1.54) is 4.31 Å². The van der Waals surface area contributed by atoms with Gasteiger partial charge in [-0.1, -0.05) is 71.2 Å². The molecule has 0 radical (unpaired) electrons. The summed E-state index contributed by atoms with van der Waals surface area (Å²) in [6.07, 6.45) is 2.37. The van der Waals surface area contributed by atoms with Gasteiger partial charge in [-0.2, -0.15) is 0 Å². The number of hydrogen-bond donors (Lipinski definition) is 1. The van der Waals surface area contributed by atoms with Gasteiger partial charge in [0.15, 0.2) is 0 Å². The zero-order valence-electron chi connectivity index (χ0n) is 23.3. The first-order valence-corrected chi connectivity index (χ1v) is 16.3. The first-order valence-electron chi connectivity index (χ1n) is 13.7. The molecule has 1 unspecified atom stereocenters. The molecule has 5 rings (SSSR count). The molecule has 1 saturated carbocycles. The molecule has 1 heterocycles. The molecule has 3 aromatic carbocycles. The molecule has 0 aromatic heterocycles. The van der Waals surface area contributed by atoms with Crippen LogP contribution in [0.25, 0.3) is 0 Å². The summed E-state index contributed by atoms with van der Waals surface area (Å²) in [5.41, 5.74) is 3.00. The summed E-state index contributed by atoms with van der Waals surface area (Å²) in [6, 6.07) is 22.4. The van der Waals surface area contributed by atoms with Crippen molar-refractivity contribution in [2.24, 2.45) is 5.92 Å². The number of carboxylic acids is 1. The summed E-state index contributed by atoms with van der Waals surface area (Å²) < 4.78 is 27.7. The van der Waals surface area contributed by atoms with Gasteiger partial charge in [0, 0.05) is 21.5 Å². The maximum atomic E-state index is 14.5. The van der Waals surface area contributed by atoms with E-state index in [1.54, 1.807) is 54.3 Å². The third-order valence-corrected chi connectivity index (χ3v) is 9.77. The molecule has 1 aliphatic carbocycles. The molecule has 0 spiro atoms. The van der Waals surface area contributed by atoms with Gasteiger partial charge in [-0.15, -0.1) is 0 Å². The number of hydrogen-bond acceptors (Lipinski definition) is 4. The van der Waals surface area contributed by atoms with Crippen molar-refractivity contribution < 1.29 is 23.1 Å². The van der Waals surface area contributed by atoms with E-state index in [-0.39, 0.29) is 18.0 Å². The molecule has 0 saturated heterocycles. The number of aliphatic carboxylic acids is 1. The van der Waals surface area contributed by atoms with Gasteiger partial charge < -0.3 is 10.0 Å². The van der Waals surface area contributed by atoms with Crippen LogP contribution in [0.15, 0.2) is 90.0 Å². The van der Waals surface area contributed by atoms with E-state index in [0.29, 0.717) is 21.3 Å². The largest absolute Gasteiger partial charge is 0.481 e. The van der Waals surface area contributed by atoms with Crippen molar-refractivity contribution in [3.8, 4) is 0 Å². The fourth-order valence-electron chi connectivity index (χ4n) is 6.05. The van der Waals surface area contributed by atoms with Crippen molar-refractivity contribution >= 4 is 50.8 Å². The van der Waals surface area contributed by atoms with Crippen molar-refractivity contribution in [2.45, 2.75) is 44.2 Å². The Bertz CT molecular complexity index is 1620. The first-order chi connectivity index (χ1) is 20.0. The van der Waals surface area contributed by atoms with Crippen LogP contribution < -0.4 is 4.31 Å². The number of amides is 1. The minimum atomic E-state index is -3.72. The van der Waals surface area contributed by atoms with Crippen molar-refractivity contribution in [3.63, 3.8) is 0 Å². The predicted octanol–water partition coefficient (Wildman–Crippen LogP) is 6.70. The Hall–Kier alpha value is -3.33. The van der Waals surface area contributed by atoms with Gasteiger partial charge in [0.2, 0.25) is 10.0 Å². The van der Waals surface area contributed by atoms with Crippen molar-refractivity contribution in [3.05, 3.63) is 111 Å². The third-order valence-electron chi connectivity index (χ3n) is 8.12. The van der Waals surface area contributed by atoms with Gasteiger partial charge in [-0.05, 0) is 73.2 Å². The normalized spacial score (nSPS) is 20.0. The van der Waals surface area contributed by atoms with Crippen molar-refractivity contribution in [1.29, 1.82) is 0 Å². The van der Waals surface area contributed by atoms with Crippen molar-refractivity contribution in [1.82, 2.24) is 4.90 Å². The lowest BCUT2D eigenvalue weighted by Gasteiger charge is -2.48. The number of sulfonamides is 1. The number of benzene rings is 3. The lowest BCUT2D eigenvalue weighted by atomic mass is 9.75. The Morgan fingerprint density at radius 3 is 2.21 bits per heavy atom. The number of anilines is 1. The predicted molar refractivity (Wildman–Crippen MR) is 165 cm³/mol. The summed E-state index contributed by atoms with van der Waals surface area (Å²) in [7, 11) is -3.72. The second kappa shape index (κ2) is 12.1. The van der Waals surface area contributed by atoms with Crippen LogP contribution in [0.1, 0.15) is 49.3 Å². The molecule has 1 aliphatic heterocycles. The molecule has 0 bridgehead atoms. The summed E-state index contributed by atoms with van der Waals surface area (Å²) >= 11 is 12.7. The van der Waals surface area contributed by atoms with E-state index in [1.807, 2.05) is 36.4 Å². The van der Waals surface area contributed by atoms with E-state index in [2.05, 4.69) is 0 Å². The van der Waals surface area contributed by atoms with Crippen LogP contribution in [0.5, 0.6) is 0 Å². The second-order valence-corrected chi connectivity index (χ2v) is 13.8. The van der Waals surface area contributed by atoms with E-state index in [9.17, 15) is 23.1 Å². The molecule has 42 heavy (non-hydrogen) atoms. The second-order valence-electron chi connectivity index (χ2n) is 11.0. The van der Waals surface area contributed by atoms with Crippen LogP contribution in [-0.2, 0) is 19.6 Å². The molecule has 3 aromatic rings. The average molecular weight is 628 g/mol.